The highest BCUT2D eigenvalue weighted by Gasteiger charge is 2.44. The maximum atomic E-state index is 11.8. The number of ether oxygens (including phenoxy) is 2. The molecule has 0 spiro atoms. The minimum Gasteiger partial charge on any atom is -0.461 e. The lowest BCUT2D eigenvalue weighted by atomic mass is 10.0. The first kappa shape index (κ1) is 14.3. The van der Waals surface area contributed by atoms with Crippen molar-refractivity contribution in [1.82, 2.24) is 0 Å². The van der Waals surface area contributed by atoms with Crippen LogP contribution in [0.5, 0.6) is 5.75 Å². The Labute approximate surface area is 107 Å². The fourth-order valence-electron chi connectivity index (χ4n) is 1.37. The van der Waals surface area contributed by atoms with Crippen LogP contribution in [0.4, 0.5) is 5.69 Å². The van der Waals surface area contributed by atoms with Gasteiger partial charge in [0.1, 0.15) is 5.75 Å². The molecule has 1 aromatic carbocycles. The molecule has 0 aliphatic heterocycles. The van der Waals surface area contributed by atoms with Gasteiger partial charge in [0, 0.05) is 5.92 Å². The molecule has 0 aliphatic rings. The summed E-state index contributed by atoms with van der Waals surface area (Å²) in [5.41, 5.74) is 6.06. The average Bonchev–Trinajstić information content (AvgIpc) is 2.32. The number of esters is 1. The Kier molecular flexibility index (Phi) is 4.55. The summed E-state index contributed by atoms with van der Waals surface area (Å²) < 4.78 is 10.2. The Hall–Kier alpha value is -1.75. The van der Waals surface area contributed by atoms with Gasteiger partial charge in [-0.15, -0.1) is 0 Å². The summed E-state index contributed by atoms with van der Waals surface area (Å²) in [5.74, 6) is -3.08. The molecule has 1 aromatic rings. The van der Waals surface area contributed by atoms with Crippen molar-refractivity contribution in [2.75, 3.05) is 12.3 Å². The summed E-state index contributed by atoms with van der Waals surface area (Å²) in [5, 5.41) is 10.3. The van der Waals surface area contributed by atoms with Crippen LogP contribution in [-0.4, -0.2) is 23.5 Å². The Balaban J connectivity index is 3.00. The van der Waals surface area contributed by atoms with Gasteiger partial charge in [-0.25, -0.2) is 4.79 Å². The van der Waals surface area contributed by atoms with Crippen LogP contribution >= 0.6 is 0 Å². The average molecular weight is 253 g/mol. The molecule has 0 saturated heterocycles. The predicted octanol–water partition coefficient (Wildman–Crippen LogP) is 1.56. The third-order valence-electron chi connectivity index (χ3n) is 2.54. The minimum atomic E-state index is -2.04. The van der Waals surface area contributed by atoms with Crippen LogP contribution in [0.15, 0.2) is 24.3 Å². The normalized spacial score (nSPS) is 14.1. The monoisotopic (exact) mass is 253 g/mol. The van der Waals surface area contributed by atoms with Crippen molar-refractivity contribution < 1.29 is 19.4 Å². The fourth-order valence-corrected chi connectivity index (χ4v) is 1.37. The number of hydrogen-bond donors (Lipinski definition) is 2. The molecule has 18 heavy (non-hydrogen) atoms. The molecule has 3 N–H and O–H groups in total. The van der Waals surface area contributed by atoms with E-state index in [0.717, 1.165) is 0 Å². The van der Waals surface area contributed by atoms with E-state index >= 15 is 0 Å². The van der Waals surface area contributed by atoms with Gasteiger partial charge in [0.2, 0.25) is 0 Å². The number of nitrogen functional groups attached to an aromatic ring is 1. The molecule has 1 atom stereocenters. The van der Waals surface area contributed by atoms with Crippen molar-refractivity contribution in [3.8, 4) is 5.75 Å². The molecule has 5 heteroatoms. The van der Waals surface area contributed by atoms with Crippen molar-refractivity contribution >= 4 is 11.7 Å². The number of hydrogen-bond acceptors (Lipinski definition) is 5. The number of aliphatic hydroxyl groups is 1. The first-order valence-corrected chi connectivity index (χ1v) is 5.85. The van der Waals surface area contributed by atoms with Crippen LogP contribution < -0.4 is 10.5 Å². The quantitative estimate of drug-likeness (QED) is 0.472. The van der Waals surface area contributed by atoms with E-state index in [0.29, 0.717) is 5.69 Å². The zero-order valence-electron chi connectivity index (χ0n) is 10.8. The third kappa shape index (κ3) is 2.92. The molecule has 1 unspecified atom stereocenters. The molecular weight excluding hydrogens is 234 g/mol. The number of benzene rings is 1. The van der Waals surface area contributed by atoms with Crippen LogP contribution in [0.2, 0.25) is 0 Å². The largest absolute Gasteiger partial charge is 0.461 e. The van der Waals surface area contributed by atoms with Crippen LogP contribution in [0.3, 0.4) is 0 Å². The molecule has 0 radical (unpaired) electrons. The van der Waals surface area contributed by atoms with E-state index in [1.165, 1.54) is 0 Å². The first-order valence-electron chi connectivity index (χ1n) is 5.85. The molecular formula is C13H19NO4. The van der Waals surface area contributed by atoms with Crippen molar-refractivity contribution in [3.05, 3.63) is 24.3 Å². The third-order valence-corrected chi connectivity index (χ3v) is 2.54. The molecule has 0 fully saturated rings. The van der Waals surface area contributed by atoms with Crippen LogP contribution in [-0.2, 0) is 9.53 Å². The summed E-state index contributed by atoms with van der Waals surface area (Å²) in [6.07, 6.45) is 0. The van der Waals surface area contributed by atoms with Crippen molar-refractivity contribution in [1.29, 1.82) is 0 Å². The number of para-hydroxylation sites is 2. The second kappa shape index (κ2) is 5.73. The van der Waals surface area contributed by atoms with Gasteiger partial charge in [0.25, 0.3) is 0 Å². The molecule has 0 saturated carbocycles. The topological polar surface area (TPSA) is 81.8 Å². The standard InChI is InChI=1S/C13H19NO4/c1-4-17-12(15)13(16,9(2)3)18-11-8-6-5-7-10(11)14/h5-9,16H,4,14H2,1-3H3. The summed E-state index contributed by atoms with van der Waals surface area (Å²) in [7, 11) is 0. The number of rotatable bonds is 5. The SMILES string of the molecule is CCOC(=O)C(O)(Oc1ccccc1N)C(C)C. The molecule has 0 heterocycles. The highest BCUT2D eigenvalue weighted by atomic mass is 16.7. The molecule has 0 bridgehead atoms. The molecule has 0 aliphatic carbocycles. The lowest BCUT2D eigenvalue weighted by molar-refractivity contribution is -0.212. The Morgan fingerprint density at radius 1 is 1.44 bits per heavy atom. The second-order valence-corrected chi connectivity index (χ2v) is 4.21. The van der Waals surface area contributed by atoms with Gasteiger partial charge in [0.15, 0.2) is 0 Å². The van der Waals surface area contributed by atoms with Crippen molar-refractivity contribution in [2.45, 2.75) is 26.6 Å². The van der Waals surface area contributed by atoms with Crippen molar-refractivity contribution in [3.63, 3.8) is 0 Å². The van der Waals surface area contributed by atoms with Gasteiger partial charge < -0.3 is 20.3 Å². The van der Waals surface area contributed by atoms with Gasteiger partial charge in [-0.05, 0) is 19.1 Å². The molecule has 0 aromatic heterocycles. The van der Waals surface area contributed by atoms with E-state index in [4.69, 9.17) is 15.2 Å². The molecule has 100 valence electrons. The van der Waals surface area contributed by atoms with E-state index in [9.17, 15) is 9.90 Å². The zero-order valence-corrected chi connectivity index (χ0v) is 10.8. The Bertz CT molecular complexity index is 419. The highest BCUT2D eigenvalue weighted by molar-refractivity contribution is 5.78. The maximum absolute atomic E-state index is 11.8. The Morgan fingerprint density at radius 3 is 2.56 bits per heavy atom. The van der Waals surface area contributed by atoms with Crippen LogP contribution in [0.25, 0.3) is 0 Å². The molecule has 0 amide bonds. The lowest BCUT2D eigenvalue weighted by Gasteiger charge is -2.30. The van der Waals surface area contributed by atoms with E-state index in [1.807, 2.05) is 0 Å². The summed E-state index contributed by atoms with van der Waals surface area (Å²) in [4.78, 5) is 11.8. The fraction of sp³-hybridized carbons (Fsp3) is 0.462. The zero-order chi connectivity index (χ0) is 13.8. The van der Waals surface area contributed by atoms with E-state index < -0.39 is 17.7 Å². The van der Waals surface area contributed by atoms with Crippen LogP contribution in [0, 0.1) is 5.92 Å². The van der Waals surface area contributed by atoms with Gasteiger partial charge in [0.05, 0.1) is 12.3 Å². The van der Waals surface area contributed by atoms with Crippen LogP contribution in [0.1, 0.15) is 20.8 Å². The molecule has 1 rings (SSSR count). The van der Waals surface area contributed by atoms with Gasteiger partial charge in [-0.3, -0.25) is 0 Å². The summed E-state index contributed by atoms with van der Waals surface area (Å²) in [6.45, 7) is 5.16. The number of anilines is 1. The predicted molar refractivity (Wildman–Crippen MR) is 67.9 cm³/mol. The second-order valence-electron chi connectivity index (χ2n) is 4.21. The van der Waals surface area contributed by atoms with Gasteiger partial charge in [-0.2, -0.15) is 0 Å². The highest BCUT2D eigenvalue weighted by Crippen LogP contribution is 2.28. The van der Waals surface area contributed by atoms with E-state index in [-0.39, 0.29) is 12.4 Å². The van der Waals surface area contributed by atoms with E-state index in [1.54, 1.807) is 45.0 Å². The summed E-state index contributed by atoms with van der Waals surface area (Å²) >= 11 is 0. The number of carbonyl (C=O) groups is 1. The number of carbonyl (C=O) groups excluding carboxylic acids is 1. The van der Waals surface area contributed by atoms with E-state index in [2.05, 4.69) is 0 Å². The number of nitrogens with two attached hydrogens (primary N) is 1. The minimum absolute atomic E-state index is 0.168. The lowest BCUT2D eigenvalue weighted by Crippen LogP contribution is -2.50. The smallest absolute Gasteiger partial charge is 0.379 e. The molecule has 5 nitrogen and oxygen atoms in total. The van der Waals surface area contributed by atoms with Gasteiger partial charge >= 0.3 is 11.8 Å². The van der Waals surface area contributed by atoms with Gasteiger partial charge in [-0.1, -0.05) is 26.0 Å². The summed E-state index contributed by atoms with van der Waals surface area (Å²) in [6, 6.07) is 6.65. The van der Waals surface area contributed by atoms with Crippen molar-refractivity contribution in [2.24, 2.45) is 5.92 Å². The Morgan fingerprint density at radius 2 is 2.06 bits per heavy atom. The first-order chi connectivity index (χ1) is 8.41. The maximum Gasteiger partial charge on any atom is 0.379 e.